The molecule has 4 rings (SSSR count). The number of nitrogens with zero attached hydrogens (tertiary/aromatic N) is 5. The monoisotopic (exact) mass is 405 g/mol. The molecule has 0 saturated carbocycles. The van der Waals surface area contributed by atoms with Crippen molar-refractivity contribution in [2.45, 2.75) is 0 Å². The molecular formula is C20H19N7O3. The van der Waals surface area contributed by atoms with Crippen LogP contribution in [-0.4, -0.2) is 54.2 Å². The maximum Gasteiger partial charge on any atom is 0.275 e. The molecular weight excluding hydrogens is 386 g/mol. The summed E-state index contributed by atoms with van der Waals surface area (Å²) in [6.45, 7) is -0.122. The van der Waals surface area contributed by atoms with Gasteiger partial charge in [0, 0.05) is 31.5 Å². The normalized spacial score (nSPS) is 10.9. The zero-order chi connectivity index (χ0) is 21.1. The van der Waals surface area contributed by atoms with Crippen molar-refractivity contribution in [3.8, 4) is 11.3 Å². The van der Waals surface area contributed by atoms with Gasteiger partial charge in [0.1, 0.15) is 11.5 Å². The van der Waals surface area contributed by atoms with Crippen LogP contribution in [-0.2, 0) is 7.05 Å². The van der Waals surface area contributed by atoms with Crippen molar-refractivity contribution in [3.05, 3.63) is 66.2 Å². The summed E-state index contributed by atoms with van der Waals surface area (Å²) in [6, 6.07) is 11.3. The van der Waals surface area contributed by atoms with Gasteiger partial charge in [-0.1, -0.05) is 30.3 Å². The van der Waals surface area contributed by atoms with Crippen molar-refractivity contribution < 1.29 is 14.7 Å². The van der Waals surface area contributed by atoms with Crippen LogP contribution in [0.15, 0.2) is 55.0 Å². The summed E-state index contributed by atoms with van der Waals surface area (Å²) in [5, 5.41) is 18.1. The van der Waals surface area contributed by atoms with E-state index in [0.717, 1.165) is 11.3 Å². The van der Waals surface area contributed by atoms with E-state index < -0.39 is 11.8 Å². The van der Waals surface area contributed by atoms with E-state index in [-0.39, 0.29) is 24.4 Å². The molecule has 152 valence electrons. The molecule has 10 nitrogen and oxygen atoms in total. The zero-order valence-corrected chi connectivity index (χ0v) is 16.1. The summed E-state index contributed by atoms with van der Waals surface area (Å²) < 4.78 is 3.07. The van der Waals surface area contributed by atoms with Crippen LogP contribution in [0.4, 0.5) is 5.82 Å². The number of anilines is 1. The van der Waals surface area contributed by atoms with Crippen LogP contribution >= 0.6 is 0 Å². The Hall–Kier alpha value is -4.05. The third-order valence-electron chi connectivity index (χ3n) is 4.43. The number of nitrogens with one attached hydrogen (secondary N) is 2. The van der Waals surface area contributed by atoms with Gasteiger partial charge in [-0.25, -0.2) is 4.98 Å². The molecule has 1 aromatic carbocycles. The van der Waals surface area contributed by atoms with E-state index in [4.69, 9.17) is 5.11 Å². The van der Waals surface area contributed by atoms with Crippen molar-refractivity contribution in [3.63, 3.8) is 0 Å². The number of carbonyl (C=O) groups is 2. The third kappa shape index (κ3) is 3.76. The van der Waals surface area contributed by atoms with Crippen molar-refractivity contribution >= 4 is 23.4 Å². The molecule has 0 saturated heterocycles. The highest BCUT2D eigenvalue weighted by molar-refractivity contribution is 6.10. The zero-order valence-electron chi connectivity index (χ0n) is 16.1. The van der Waals surface area contributed by atoms with E-state index in [1.54, 1.807) is 23.7 Å². The molecule has 4 aromatic rings. The molecule has 0 aliphatic rings. The number of hydrogen-bond acceptors (Lipinski definition) is 6. The van der Waals surface area contributed by atoms with Gasteiger partial charge in [0.25, 0.3) is 11.8 Å². The number of benzene rings is 1. The number of imidazole rings is 1. The molecule has 0 fully saturated rings. The molecule has 0 spiro atoms. The molecule has 0 atom stereocenters. The molecule has 0 aliphatic heterocycles. The summed E-state index contributed by atoms with van der Waals surface area (Å²) in [7, 11) is 1.56. The summed E-state index contributed by atoms with van der Waals surface area (Å²) in [6.07, 6.45) is 4.91. The lowest BCUT2D eigenvalue weighted by atomic mass is 10.2. The number of aromatic nitrogens is 5. The predicted octanol–water partition coefficient (Wildman–Crippen LogP) is 1.10. The number of carbonyl (C=O) groups excluding carboxylic acids is 2. The fourth-order valence-electron chi connectivity index (χ4n) is 3.00. The Balaban J connectivity index is 1.58. The van der Waals surface area contributed by atoms with Crippen LogP contribution in [0.1, 0.15) is 20.8 Å². The first-order valence-corrected chi connectivity index (χ1v) is 9.20. The molecule has 0 unspecified atom stereocenters. The van der Waals surface area contributed by atoms with Crippen LogP contribution in [0, 0.1) is 0 Å². The molecule has 10 heteroatoms. The Labute approximate surface area is 171 Å². The second-order valence-electron chi connectivity index (χ2n) is 6.48. The van der Waals surface area contributed by atoms with E-state index in [9.17, 15) is 9.59 Å². The Bertz CT molecular complexity index is 1210. The second-order valence-corrected chi connectivity index (χ2v) is 6.48. The average molecular weight is 405 g/mol. The Kier molecular flexibility index (Phi) is 5.22. The standard InChI is InChI=1S/C20H19N7O3/c1-26-17(14(11-22-26)18(29)21-8-10-28)19(30)24-16-7-9-27-12-15(23-20(27)25-16)13-5-3-2-4-6-13/h2-7,9,11-12,28H,8,10H2,1H3,(H,21,29)(H,23,24,25,30). The molecule has 3 heterocycles. The number of aliphatic hydroxyl groups is 1. The molecule has 3 N–H and O–H groups in total. The van der Waals surface area contributed by atoms with Crippen molar-refractivity contribution in [1.82, 2.24) is 29.5 Å². The Morgan fingerprint density at radius 3 is 2.67 bits per heavy atom. The van der Waals surface area contributed by atoms with Gasteiger partial charge < -0.3 is 15.7 Å². The first-order valence-electron chi connectivity index (χ1n) is 9.20. The van der Waals surface area contributed by atoms with E-state index in [1.807, 2.05) is 36.5 Å². The number of aliphatic hydroxyl groups excluding tert-OH is 1. The largest absolute Gasteiger partial charge is 0.395 e. The van der Waals surface area contributed by atoms with Crippen molar-refractivity contribution in [1.29, 1.82) is 0 Å². The van der Waals surface area contributed by atoms with Gasteiger partial charge in [-0.05, 0) is 6.07 Å². The third-order valence-corrected chi connectivity index (χ3v) is 4.43. The van der Waals surface area contributed by atoms with Crippen LogP contribution in [0.5, 0.6) is 0 Å². The maximum atomic E-state index is 12.8. The van der Waals surface area contributed by atoms with E-state index >= 15 is 0 Å². The molecule has 0 bridgehead atoms. The number of rotatable bonds is 6. The fraction of sp³-hybridized carbons (Fsp3) is 0.150. The molecule has 0 aliphatic carbocycles. The molecule has 30 heavy (non-hydrogen) atoms. The second kappa shape index (κ2) is 8.13. The smallest absolute Gasteiger partial charge is 0.275 e. The molecule has 2 amide bonds. The topological polar surface area (TPSA) is 126 Å². The van der Waals surface area contributed by atoms with Crippen molar-refractivity contribution in [2.24, 2.45) is 7.05 Å². The van der Waals surface area contributed by atoms with E-state index in [0.29, 0.717) is 11.6 Å². The van der Waals surface area contributed by atoms with Crippen molar-refractivity contribution in [2.75, 3.05) is 18.5 Å². The SMILES string of the molecule is Cn1ncc(C(=O)NCCO)c1C(=O)Nc1ccn2cc(-c3ccccc3)nc2n1. The fourth-order valence-corrected chi connectivity index (χ4v) is 3.00. The Morgan fingerprint density at radius 2 is 1.90 bits per heavy atom. The minimum absolute atomic E-state index is 0.0800. The Morgan fingerprint density at radius 1 is 1.10 bits per heavy atom. The summed E-state index contributed by atoms with van der Waals surface area (Å²) >= 11 is 0. The number of hydrogen-bond donors (Lipinski definition) is 3. The lowest BCUT2D eigenvalue weighted by Crippen LogP contribution is -2.29. The highest BCUT2D eigenvalue weighted by atomic mass is 16.3. The van der Waals surface area contributed by atoms with Crippen LogP contribution in [0.25, 0.3) is 17.0 Å². The minimum Gasteiger partial charge on any atom is -0.395 e. The minimum atomic E-state index is -0.532. The quantitative estimate of drug-likeness (QED) is 0.441. The van der Waals surface area contributed by atoms with Gasteiger partial charge in [0.05, 0.1) is 24.1 Å². The van der Waals surface area contributed by atoms with E-state index in [1.165, 1.54) is 10.9 Å². The number of fused-ring (bicyclic) bond motifs is 1. The van der Waals surface area contributed by atoms with Gasteiger partial charge in [-0.3, -0.25) is 18.7 Å². The lowest BCUT2D eigenvalue weighted by Gasteiger charge is -2.08. The highest BCUT2D eigenvalue weighted by Gasteiger charge is 2.22. The van der Waals surface area contributed by atoms with Gasteiger partial charge in [0.15, 0.2) is 0 Å². The summed E-state index contributed by atoms with van der Waals surface area (Å²) in [5.74, 6) is -0.305. The predicted molar refractivity (Wildman–Crippen MR) is 109 cm³/mol. The maximum absolute atomic E-state index is 12.8. The van der Waals surface area contributed by atoms with Crippen LogP contribution < -0.4 is 10.6 Å². The van der Waals surface area contributed by atoms with Gasteiger partial charge in [-0.15, -0.1) is 0 Å². The van der Waals surface area contributed by atoms with Gasteiger partial charge in [-0.2, -0.15) is 10.1 Å². The first kappa shape index (κ1) is 19.3. The number of amides is 2. The number of aryl methyl sites for hydroxylation is 1. The van der Waals surface area contributed by atoms with Gasteiger partial charge >= 0.3 is 0 Å². The molecule has 0 radical (unpaired) electrons. The van der Waals surface area contributed by atoms with Gasteiger partial charge in [0.2, 0.25) is 5.78 Å². The average Bonchev–Trinajstić information content (AvgIpc) is 3.36. The summed E-state index contributed by atoms with van der Waals surface area (Å²) in [4.78, 5) is 33.9. The van der Waals surface area contributed by atoms with Crippen LogP contribution in [0.2, 0.25) is 0 Å². The van der Waals surface area contributed by atoms with Crippen LogP contribution in [0.3, 0.4) is 0 Å². The first-order chi connectivity index (χ1) is 14.6. The summed E-state index contributed by atoms with van der Waals surface area (Å²) in [5.41, 5.74) is 1.92. The highest BCUT2D eigenvalue weighted by Crippen LogP contribution is 2.19. The van der Waals surface area contributed by atoms with E-state index in [2.05, 4.69) is 25.7 Å². The molecule has 3 aromatic heterocycles. The lowest BCUT2D eigenvalue weighted by molar-refractivity contribution is 0.0931.